The number of nitrogens with zero attached hydrogens (tertiary/aromatic N) is 1. The van der Waals surface area contributed by atoms with E-state index in [0.29, 0.717) is 23.3 Å². The van der Waals surface area contributed by atoms with Gasteiger partial charge in [-0.15, -0.1) is 0 Å². The van der Waals surface area contributed by atoms with Gasteiger partial charge in [0.2, 0.25) is 0 Å². The summed E-state index contributed by atoms with van der Waals surface area (Å²) in [5.41, 5.74) is 6.84. The molecule has 0 saturated carbocycles. The number of esters is 1. The first kappa shape index (κ1) is 10.4. The Kier molecular flexibility index (Phi) is 2.44. The predicted molar refractivity (Wildman–Crippen MR) is 57.5 cm³/mol. The van der Waals surface area contributed by atoms with Crippen LogP contribution in [0.5, 0.6) is 0 Å². The van der Waals surface area contributed by atoms with Crippen LogP contribution in [-0.2, 0) is 4.74 Å². The molecular weight excluding hydrogens is 208 g/mol. The quantitative estimate of drug-likeness (QED) is 0.741. The van der Waals surface area contributed by atoms with Gasteiger partial charge < -0.3 is 10.5 Å². The van der Waals surface area contributed by atoms with Gasteiger partial charge in [-0.05, 0) is 25.1 Å². The first-order valence-corrected chi connectivity index (χ1v) is 4.83. The first-order chi connectivity index (χ1) is 7.63. The van der Waals surface area contributed by atoms with Crippen LogP contribution in [0.2, 0.25) is 0 Å². The molecule has 16 heavy (non-hydrogen) atoms. The Bertz CT molecular complexity index is 506. The van der Waals surface area contributed by atoms with E-state index in [2.05, 4.69) is 4.99 Å². The number of nitrogens with two attached hydrogens (primary N) is 1. The highest BCUT2D eigenvalue weighted by Gasteiger charge is 2.22. The van der Waals surface area contributed by atoms with Crippen molar-refractivity contribution in [1.29, 1.82) is 0 Å². The molecule has 5 heteroatoms. The molecule has 5 nitrogen and oxygen atoms in total. The third kappa shape index (κ3) is 1.56. The van der Waals surface area contributed by atoms with Crippen LogP contribution < -0.4 is 5.73 Å². The number of amides is 1. The number of carbonyl (C=O) groups is 2. The van der Waals surface area contributed by atoms with E-state index in [1.165, 1.54) is 18.2 Å². The average molecular weight is 218 g/mol. The van der Waals surface area contributed by atoms with E-state index in [-0.39, 0.29) is 11.7 Å². The van der Waals surface area contributed by atoms with Gasteiger partial charge in [0.05, 0.1) is 17.7 Å². The summed E-state index contributed by atoms with van der Waals surface area (Å²) >= 11 is 0. The molecule has 1 aromatic carbocycles. The monoisotopic (exact) mass is 218 g/mol. The van der Waals surface area contributed by atoms with E-state index in [1.807, 2.05) is 0 Å². The standard InChI is InChI=1S/C11H10N2O3/c1-2-16-11(15)6-3-4-7-8(5-6)9(12)13-10(7)14/h3-5H,2H2,1H3,(H2,12,13,14). The molecule has 1 heterocycles. The maximum absolute atomic E-state index is 11.4. The summed E-state index contributed by atoms with van der Waals surface area (Å²) in [5.74, 6) is -0.661. The summed E-state index contributed by atoms with van der Waals surface area (Å²) in [6.45, 7) is 2.03. The molecule has 1 amide bonds. The van der Waals surface area contributed by atoms with E-state index in [4.69, 9.17) is 10.5 Å². The summed E-state index contributed by atoms with van der Waals surface area (Å²) < 4.78 is 4.85. The number of ether oxygens (including phenoxy) is 1. The molecule has 0 saturated heterocycles. The van der Waals surface area contributed by atoms with Crippen molar-refractivity contribution in [2.45, 2.75) is 6.92 Å². The Morgan fingerprint density at radius 1 is 1.44 bits per heavy atom. The van der Waals surface area contributed by atoms with Gasteiger partial charge in [-0.2, -0.15) is 4.99 Å². The lowest BCUT2D eigenvalue weighted by Crippen LogP contribution is -2.12. The zero-order valence-electron chi connectivity index (χ0n) is 8.69. The molecule has 1 aliphatic heterocycles. The molecule has 0 bridgehead atoms. The Balaban J connectivity index is 2.41. The molecule has 1 aliphatic rings. The molecule has 0 unspecified atom stereocenters. The minimum atomic E-state index is -0.433. The SMILES string of the molecule is CCOC(=O)c1ccc2c(c1)C(N)=NC2=O. The normalized spacial score (nSPS) is 13.3. The van der Waals surface area contributed by atoms with Crippen molar-refractivity contribution >= 4 is 17.7 Å². The largest absolute Gasteiger partial charge is 0.462 e. The van der Waals surface area contributed by atoms with Crippen LogP contribution in [0.15, 0.2) is 23.2 Å². The van der Waals surface area contributed by atoms with Crippen molar-refractivity contribution in [3.8, 4) is 0 Å². The molecule has 0 aliphatic carbocycles. The zero-order valence-corrected chi connectivity index (χ0v) is 8.69. The number of fused-ring (bicyclic) bond motifs is 1. The fraction of sp³-hybridized carbons (Fsp3) is 0.182. The highest BCUT2D eigenvalue weighted by molar-refractivity contribution is 6.20. The first-order valence-electron chi connectivity index (χ1n) is 4.83. The van der Waals surface area contributed by atoms with Crippen LogP contribution >= 0.6 is 0 Å². The van der Waals surface area contributed by atoms with Crippen molar-refractivity contribution in [3.63, 3.8) is 0 Å². The van der Waals surface area contributed by atoms with E-state index >= 15 is 0 Å². The van der Waals surface area contributed by atoms with Crippen LogP contribution in [0.1, 0.15) is 33.2 Å². The fourth-order valence-electron chi connectivity index (χ4n) is 1.51. The average Bonchev–Trinajstić information content (AvgIpc) is 2.55. The van der Waals surface area contributed by atoms with Crippen molar-refractivity contribution in [3.05, 3.63) is 34.9 Å². The van der Waals surface area contributed by atoms with E-state index in [1.54, 1.807) is 6.92 Å². The van der Waals surface area contributed by atoms with Crippen molar-refractivity contribution in [2.75, 3.05) is 6.61 Å². The van der Waals surface area contributed by atoms with Crippen LogP contribution in [0.3, 0.4) is 0 Å². The van der Waals surface area contributed by atoms with Gasteiger partial charge in [-0.25, -0.2) is 4.79 Å². The second kappa shape index (κ2) is 3.77. The summed E-state index contributed by atoms with van der Waals surface area (Å²) in [6.07, 6.45) is 0. The molecule has 2 rings (SSSR count). The molecule has 82 valence electrons. The maximum Gasteiger partial charge on any atom is 0.338 e. The summed E-state index contributed by atoms with van der Waals surface area (Å²) in [5, 5.41) is 0. The number of hydrogen-bond acceptors (Lipinski definition) is 4. The number of carbonyl (C=O) groups excluding carboxylic acids is 2. The van der Waals surface area contributed by atoms with Gasteiger partial charge in [0.25, 0.3) is 5.91 Å². The predicted octanol–water partition coefficient (Wildman–Crippen LogP) is 0.722. The molecule has 2 N–H and O–H groups in total. The Hall–Kier alpha value is -2.17. The molecule has 0 atom stereocenters. The maximum atomic E-state index is 11.4. The second-order valence-corrected chi connectivity index (χ2v) is 3.28. The molecule has 0 fully saturated rings. The van der Waals surface area contributed by atoms with Crippen LogP contribution in [-0.4, -0.2) is 24.3 Å². The smallest absolute Gasteiger partial charge is 0.338 e. The number of rotatable bonds is 2. The van der Waals surface area contributed by atoms with Crippen LogP contribution in [0, 0.1) is 0 Å². The van der Waals surface area contributed by atoms with Gasteiger partial charge in [-0.3, -0.25) is 4.79 Å². The van der Waals surface area contributed by atoms with Gasteiger partial charge in [0, 0.05) is 5.56 Å². The Morgan fingerprint density at radius 2 is 2.19 bits per heavy atom. The number of benzene rings is 1. The van der Waals surface area contributed by atoms with Crippen LogP contribution in [0.25, 0.3) is 0 Å². The molecule has 0 spiro atoms. The number of amidine groups is 1. The Labute approximate surface area is 91.9 Å². The van der Waals surface area contributed by atoms with Crippen molar-refractivity contribution < 1.29 is 14.3 Å². The lowest BCUT2D eigenvalue weighted by Gasteiger charge is -2.03. The second-order valence-electron chi connectivity index (χ2n) is 3.28. The van der Waals surface area contributed by atoms with Crippen molar-refractivity contribution in [2.24, 2.45) is 10.7 Å². The van der Waals surface area contributed by atoms with Gasteiger partial charge in [-0.1, -0.05) is 0 Å². The lowest BCUT2D eigenvalue weighted by atomic mass is 10.0. The number of hydrogen-bond donors (Lipinski definition) is 1. The topological polar surface area (TPSA) is 81.8 Å². The highest BCUT2D eigenvalue weighted by atomic mass is 16.5. The molecule has 0 radical (unpaired) electrons. The number of aliphatic imine (C=N–C) groups is 1. The third-order valence-corrected chi connectivity index (χ3v) is 2.26. The molecular formula is C11H10N2O3. The Morgan fingerprint density at radius 3 is 2.88 bits per heavy atom. The summed E-state index contributed by atoms with van der Waals surface area (Å²) in [6, 6.07) is 4.59. The van der Waals surface area contributed by atoms with Crippen LogP contribution in [0.4, 0.5) is 0 Å². The van der Waals surface area contributed by atoms with Gasteiger partial charge >= 0.3 is 5.97 Å². The van der Waals surface area contributed by atoms with E-state index in [9.17, 15) is 9.59 Å². The molecule has 0 aromatic heterocycles. The van der Waals surface area contributed by atoms with Gasteiger partial charge in [0.15, 0.2) is 0 Å². The summed E-state index contributed by atoms with van der Waals surface area (Å²) in [4.78, 5) is 26.4. The zero-order chi connectivity index (χ0) is 11.7. The fourth-order valence-corrected chi connectivity index (χ4v) is 1.51. The van der Waals surface area contributed by atoms with E-state index in [0.717, 1.165) is 0 Å². The van der Waals surface area contributed by atoms with Gasteiger partial charge in [0.1, 0.15) is 5.84 Å². The minimum absolute atomic E-state index is 0.145. The lowest BCUT2D eigenvalue weighted by molar-refractivity contribution is 0.0526. The minimum Gasteiger partial charge on any atom is -0.462 e. The third-order valence-electron chi connectivity index (χ3n) is 2.26. The highest BCUT2D eigenvalue weighted by Crippen LogP contribution is 2.19. The molecule has 1 aromatic rings. The van der Waals surface area contributed by atoms with Crippen molar-refractivity contribution in [1.82, 2.24) is 0 Å². The summed E-state index contributed by atoms with van der Waals surface area (Å²) in [7, 11) is 0. The van der Waals surface area contributed by atoms with E-state index < -0.39 is 5.97 Å².